The van der Waals surface area contributed by atoms with E-state index in [-0.39, 0.29) is 18.6 Å². The largest absolute Gasteiger partial charge is 0.447 e. The van der Waals surface area contributed by atoms with Crippen molar-refractivity contribution in [3.05, 3.63) is 68.8 Å². The van der Waals surface area contributed by atoms with Crippen LogP contribution in [0.1, 0.15) is 36.1 Å². The van der Waals surface area contributed by atoms with Gasteiger partial charge < -0.3 is 9.84 Å². The number of imide groups is 1. The van der Waals surface area contributed by atoms with Crippen LogP contribution < -0.4 is 0 Å². The van der Waals surface area contributed by atoms with Gasteiger partial charge in [0.05, 0.1) is 23.6 Å². The van der Waals surface area contributed by atoms with E-state index in [0.29, 0.717) is 9.99 Å². The molecule has 0 radical (unpaired) electrons. The first-order valence-electron chi connectivity index (χ1n) is 9.72. The lowest BCUT2D eigenvalue weighted by atomic mass is 9.90. The number of halogens is 4. The van der Waals surface area contributed by atoms with E-state index in [1.807, 2.05) is 52.9 Å². The zero-order valence-electron chi connectivity index (χ0n) is 16.6. The van der Waals surface area contributed by atoms with Crippen molar-refractivity contribution >= 4 is 34.6 Å². The summed E-state index contributed by atoms with van der Waals surface area (Å²) in [5.41, 5.74) is -0.000716. The molecule has 0 aromatic heterocycles. The van der Waals surface area contributed by atoms with Gasteiger partial charge in [-0.05, 0) is 64.8 Å². The Bertz CT molecular complexity index is 952. The number of ether oxygens (including phenoxy) is 1. The van der Waals surface area contributed by atoms with Crippen LogP contribution in [0.3, 0.4) is 0 Å². The molecule has 1 aliphatic rings. The predicted octanol–water partition coefficient (Wildman–Crippen LogP) is 4.96. The molecule has 166 valence electrons. The zero-order valence-corrected chi connectivity index (χ0v) is 18.8. The van der Waals surface area contributed by atoms with Crippen LogP contribution in [-0.2, 0) is 22.1 Å². The maximum absolute atomic E-state index is 13.2. The monoisotopic (exact) mass is 547 g/mol. The van der Waals surface area contributed by atoms with E-state index in [2.05, 4.69) is 0 Å². The first-order valence-corrected chi connectivity index (χ1v) is 10.8. The molecule has 2 aromatic carbocycles. The number of rotatable bonds is 6. The molecule has 0 bridgehead atoms. The van der Waals surface area contributed by atoms with Crippen LogP contribution in [0.4, 0.5) is 18.0 Å². The summed E-state index contributed by atoms with van der Waals surface area (Å²) in [6.07, 6.45) is -6.38. The third-order valence-electron chi connectivity index (χ3n) is 5.29. The summed E-state index contributed by atoms with van der Waals surface area (Å²) >= 11 is 1.82. The van der Waals surface area contributed by atoms with Gasteiger partial charge in [0, 0.05) is 3.57 Å². The van der Waals surface area contributed by atoms with Gasteiger partial charge in [-0.15, -0.1) is 0 Å². The van der Waals surface area contributed by atoms with Crippen molar-refractivity contribution in [2.45, 2.75) is 38.1 Å². The van der Waals surface area contributed by atoms with Crippen LogP contribution >= 0.6 is 22.6 Å². The highest BCUT2D eigenvalue weighted by atomic mass is 127. The van der Waals surface area contributed by atoms with Crippen LogP contribution in [0.5, 0.6) is 0 Å². The number of carbonyl (C=O) groups is 2. The third kappa shape index (κ3) is 5.20. The minimum atomic E-state index is -4.58. The number of carbonyl (C=O) groups excluding carboxylic acids is 2. The van der Waals surface area contributed by atoms with E-state index in [9.17, 15) is 27.9 Å². The number of benzene rings is 2. The number of cyclic esters (lactones) is 1. The number of alkyl halides is 3. The Balaban J connectivity index is 1.87. The molecule has 1 aliphatic heterocycles. The minimum absolute atomic E-state index is 0.00259. The highest BCUT2D eigenvalue weighted by Gasteiger charge is 2.43. The van der Waals surface area contributed by atoms with Gasteiger partial charge in [0.15, 0.2) is 0 Å². The molecule has 1 heterocycles. The highest BCUT2D eigenvalue weighted by Crippen LogP contribution is 2.36. The maximum atomic E-state index is 13.2. The molecular formula is C22H21F3INO4. The average molecular weight is 547 g/mol. The third-order valence-corrected chi connectivity index (χ3v) is 6.28. The molecule has 1 saturated heterocycles. The molecule has 2 aromatic rings. The zero-order chi connectivity index (χ0) is 22.8. The number of aliphatic hydroxyl groups excluding tert-OH is 1. The summed E-state index contributed by atoms with van der Waals surface area (Å²) in [5, 5.41) is 10.9. The minimum Gasteiger partial charge on any atom is -0.447 e. The van der Waals surface area contributed by atoms with E-state index in [0.717, 1.165) is 22.6 Å². The van der Waals surface area contributed by atoms with Crippen molar-refractivity contribution in [2.75, 3.05) is 6.61 Å². The van der Waals surface area contributed by atoms with Gasteiger partial charge in [-0.3, -0.25) is 4.79 Å². The molecule has 1 unspecified atom stereocenters. The maximum Gasteiger partial charge on any atom is 0.416 e. The molecule has 0 saturated carbocycles. The molecule has 1 N–H and O–H groups in total. The van der Waals surface area contributed by atoms with Gasteiger partial charge >= 0.3 is 12.3 Å². The molecule has 0 spiro atoms. The van der Waals surface area contributed by atoms with E-state index in [4.69, 9.17) is 4.74 Å². The molecule has 3 atom stereocenters. The van der Waals surface area contributed by atoms with Crippen LogP contribution in [0.25, 0.3) is 0 Å². The molecule has 31 heavy (non-hydrogen) atoms. The van der Waals surface area contributed by atoms with Crippen LogP contribution in [0.15, 0.2) is 48.5 Å². The van der Waals surface area contributed by atoms with E-state index >= 15 is 0 Å². The van der Waals surface area contributed by atoms with Crippen molar-refractivity contribution in [1.82, 2.24) is 4.90 Å². The molecule has 3 rings (SSSR count). The highest BCUT2D eigenvalue weighted by molar-refractivity contribution is 14.1. The van der Waals surface area contributed by atoms with E-state index in [1.54, 1.807) is 6.92 Å². The Morgan fingerprint density at radius 1 is 1.26 bits per heavy atom. The lowest BCUT2D eigenvalue weighted by molar-refractivity contribution is -0.137. The summed E-state index contributed by atoms with van der Waals surface area (Å²) < 4.78 is 44.9. The topological polar surface area (TPSA) is 66.8 Å². The van der Waals surface area contributed by atoms with Crippen LogP contribution in [0.2, 0.25) is 0 Å². The molecule has 2 amide bonds. The van der Waals surface area contributed by atoms with Gasteiger partial charge in [0.1, 0.15) is 6.61 Å². The second-order valence-electron chi connectivity index (χ2n) is 7.32. The average Bonchev–Trinajstić information content (AvgIpc) is 3.08. The Labute approximate surface area is 191 Å². The van der Waals surface area contributed by atoms with Gasteiger partial charge in [-0.1, -0.05) is 37.3 Å². The van der Waals surface area contributed by atoms with Crippen molar-refractivity contribution in [3.63, 3.8) is 0 Å². The molecule has 0 aliphatic carbocycles. The summed E-state index contributed by atoms with van der Waals surface area (Å²) in [4.78, 5) is 26.5. The second-order valence-corrected chi connectivity index (χ2v) is 8.48. The Morgan fingerprint density at radius 2 is 1.94 bits per heavy atom. The number of hydrogen-bond donors (Lipinski definition) is 1. The van der Waals surface area contributed by atoms with Gasteiger partial charge in [0.2, 0.25) is 5.91 Å². The molecule has 5 nitrogen and oxygen atoms in total. The van der Waals surface area contributed by atoms with Gasteiger partial charge in [-0.25, -0.2) is 9.69 Å². The second kappa shape index (κ2) is 9.56. The standard InChI is InChI=1S/C22H21F3INO4/c1-2-16(19(28)17-11-14(22(23,24)25)8-9-18(17)26)20(29)27-15(12-31-21(27)30)10-13-6-4-3-5-7-13/h3-9,11,15-16,19,28H,2,10,12H2,1H3/t15-,16+,19?/m0/s1. The van der Waals surface area contributed by atoms with Crippen LogP contribution in [0, 0.1) is 9.49 Å². The number of hydrogen-bond acceptors (Lipinski definition) is 4. The Hall–Kier alpha value is -2.14. The lowest BCUT2D eigenvalue weighted by Gasteiger charge is -2.28. The number of amides is 2. The summed E-state index contributed by atoms with van der Waals surface area (Å²) in [6.45, 7) is 1.66. The summed E-state index contributed by atoms with van der Waals surface area (Å²) in [7, 11) is 0. The lowest BCUT2D eigenvalue weighted by Crippen LogP contribution is -2.45. The fourth-order valence-corrected chi connectivity index (χ4v) is 4.30. The van der Waals surface area contributed by atoms with Crippen molar-refractivity contribution in [1.29, 1.82) is 0 Å². The Morgan fingerprint density at radius 3 is 2.55 bits per heavy atom. The molecular weight excluding hydrogens is 526 g/mol. The van der Waals surface area contributed by atoms with Crippen molar-refractivity contribution in [3.8, 4) is 0 Å². The fourth-order valence-electron chi connectivity index (χ4n) is 3.64. The normalized spacial score (nSPS) is 18.6. The SMILES string of the molecule is CC[C@@H](C(=O)N1C(=O)OC[C@@H]1Cc1ccccc1)C(O)c1cc(C(F)(F)F)ccc1I. The number of nitrogens with zero attached hydrogens (tertiary/aromatic N) is 1. The fraction of sp³-hybridized carbons (Fsp3) is 0.364. The predicted molar refractivity (Wildman–Crippen MR) is 115 cm³/mol. The van der Waals surface area contributed by atoms with Crippen molar-refractivity contribution < 1.29 is 32.6 Å². The van der Waals surface area contributed by atoms with E-state index < -0.39 is 41.8 Å². The summed E-state index contributed by atoms with van der Waals surface area (Å²) in [6, 6.07) is 11.7. The first kappa shape index (κ1) is 23.5. The van der Waals surface area contributed by atoms with Gasteiger partial charge in [0.25, 0.3) is 0 Å². The van der Waals surface area contributed by atoms with Gasteiger partial charge in [-0.2, -0.15) is 13.2 Å². The van der Waals surface area contributed by atoms with E-state index in [1.165, 1.54) is 6.07 Å². The quantitative estimate of drug-likeness (QED) is 0.520. The molecule has 1 fully saturated rings. The smallest absolute Gasteiger partial charge is 0.416 e. The Kier molecular flexibility index (Phi) is 7.25. The molecule has 9 heteroatoms. The summed E-state index contributed by atoms with van der Waals surface area (Å²) in [5.74, 6) is -1.76. The number of aliphatic hydroxyl groups is 1. The first-order chi connectivity index (χ1) is 14.6. The van der Waals surface area contributed by atoms with Crippen LogP contribution in [-0.4, -0.2) is 34.7 Å². The van der Waals surface area contributed by atoms with Crippen molar-refractivity contribution in [2.24, 2.45) is 5.92 Å².